The van der Waals surface area contributed by atoms with Crippen molar-refractivity contribution in [2.75, 3.05) is 6.54 Å². The van der Waals surface area contributed by atoms with Crippen molar-refractivity contribution in [3.63, 3.8) is 0 Å². The molecule has 1 heterocycles. The quantitative estimate of drug-likeness (QED) is 0.808. The van der Waals surface area contributed by atoms with Gasteiger partial charge < -0.3 is 15.0 Å². The lowest BCUT2D eigenvalue weighted by Crippen LogP contribution is -2.39. The molecular formula is C14H22N2O3. The average molecular weight is 266 g/mol. The highest BCUT2D eigenvalue weighted by Crippen LogP contribution is 2.18. The number of aliphatic hydroxyl groups excluding tert-OH is 1. The maximum atomic E-state index is 12.0. The van der Waals surface area contributed by atoms with Gasteiger partial charge in [0, 0.05) is 25.4 Å². The zero-order chi connectivity index (χ0) is 14.8. The van der Waals surface area contributed by atoms with E-state index in [-0.39, 0.29) is 23.7 Å². The third kappa shape index (κ3) is 3.92. The summed E-state index contributed by atoms with van der Waals surface area (Å²) < 4.78 is 1.61. The Hall–Kier alpha value is -1.62. The molecular weight excluding hydrogens is 244 g/mol. The van der Waals surface area contributed by atoms with Crippen LogP contribution in [0.1, 0.15) is 48.5 Å². The van der Waals surface area contributed by atoms with E-state index in [0.717, 1.165) is 0 Å². The molecule has 0 spiro atoms. The number of carbonyl (C=O) groups is 2. The number of amides is 1. The second kappa shape index (κ2) is 5.57. The number of ketones is 1. The number of nitrogens with zero attached hydrogens (tertiary/aromatic N) is 1. The standard InChI is InChI=1S/C14H22N2O3/c1-9(17)10-6-11(16(5)8-10)13(19)15-7-12(18)14(2,3)4/h6,8,12,18H,7H2,1-5H3,(H,15,19). The van der Waals surface area contributed by atoms with Crippen molar-refractivity contribution in [1.29, 1.82) is 0 Å². The summed E-state index contributed by atoms with van der Waals surface area (Å²) in [6.45, 7) is 7.35. The van der Waals surface area contributed by atoms with E-state index in [4.69, 9.17) is 0 Å². The van der Waals surface area contributed by atoms with Gasteiger partial charge in [0.2, 0.25) is 0 Å². The van der Waals surface area contributed by atoms with E-state index in [1.165, 1.54) is 6.92 Å². The first-order valence-corrected chi connectivity index (χ1v) is 6.26. The fourth-order valence-corrected chi connectivity index (χ4v) is 1.57. The monoisotopic (exact) mass is 266 g/mol. The summed E-state index contributed by atoms with van der Waals surface area (Å²) in [6.07, 6.45) is 1.00. The van der Waals surface area contributed by atoms with E-state index in [9.17, 15) is 14.7 Å². The van der Waals surface area contributed by atoms with Crippen molar-refractivity contribution < 1.29 is 14.7 Å². The van der Waals surface area contributed by atoms with E-state index in [0.29, 0.717) is 11.3 Å². The molecule has 0 bridgehead atoms. The van der Waals surface area contributed by atoms with Gasteiger partial charge in [-0.2, -0.15) is 0 Å². The van der Waals surface area contributed by atoms with Gasteiger partial charge in [-0.25, -0.2) is 0 Å². The smallest absolute Gasteiger partial charge is 0.268 e. The lowest BCUT2D eigenvalue weighted by atomic mass is 9.89. The summed E-state index contributed by atoms with van der Waals surface area (Å²) in [5.74, 6) is -0.373. The van der Waals surface area contributed by atoms with Gasteiger partial charge in [0.25, 0.3) is 5.91 Å². The van der Waals surface area contributed by atoms with E-state index < -0.39 is 6.10 Å². The summed E-state index contributed by atoms with van der Waals surface area (Å²) >= 11 is 0. The van der Waals surface area contributed by atoms with Gasteiger partial charge in [-0.05, 0) is 18.4 Å². The van der Waals surface area contributed by atoms with Gasteiger partial charge in [-0.3, -0.25) is 9.59 Å². The number of aliphatic hydroxyl groups is 1. The number of nitrogens with one attached hydrogen (secondary N) is 1. The van der Waals surface area contributed by atoms with Crippen LogP contribution < -0.4 is 5.32 Å². The van der Waals surface area contributed by atoms with Crippen LogP contribution in [0.3, 0.4) is 0 Å². The molecule has 106 valence electrons. The fraction of sp³-hybridized carbons (Fsp3) is 0.571. The van der Waals surface area contributed by atoms with E-state index in [1.54, 1.807) is 23.9 Å². The second-order valence-electron chi connectivity index (χ2n) is 5.87. The normalized spacial score (nSPS) is 13.2. The third-order valence-electron chi connectivity index (χ3n) is 3.10. The lowest BCUT2D eigenvalue weighted by molar-refractivity contribution is 0.0584. The van der Waals surface area contributed by atoms with Gasteiger partial charge in [0.15, 0.2) is 5.78 Å². The molecule has 1 rings (SSSR count). The van der Waals surface area contributed by atoms with Crippen LogP contribution >= 0.6 is 0 Å². The summed E-state index contributed by atoms with van der Waals surface area (Å²) in [5, 5.41) is 12.5. The van der Waals surface area contributed by atoms with Crippen LogP contribution in [0, 0.1) is 5.41 Å². The Morgan fingerprint density at radius 2 is 2.00 bits per heavy atom. The lowest BCUT2D eigenvalue weighted by Gasteiger charge is -2.25. The largest absolute Gasteiger partial charge is 0.391 e. The number of Topliss-reactive ketones (excluding diaryl/α,β-unsaturated/α-hetero) is 1. The Morgan fingerprint density at radius 1 is 1.42 bits per heavy atom. The third-order valence-corrected chi connectivity index (χ3v) is 3.10. The number of hydrogen-bond acceptors (Lipinski definition) is 3. The summed E-state index contributed by atoms with van der Waals surface area (Å²) in [7, 11) is 1.71. The zero-order valence-electron chi connectivity index (χ0n) is 12.2. The molecule has 0 aliphatic carbocycles. The molecule has 1 unspecified atom stereocenters. The molecule has 0 saturated carbocycles. The topological polar surface area (TPSA) is 71.3 Å². The molecule has 0 aromatic carbocycles. The minimum Gasteiger partial charge on any atom is -0.391 e. The van der Waals surface area contributed by atoms with Gasteiger partial charge in [0.1, 0.15) is 5.69 Å². The molecule has 0 aliphatic heterocycles. The van der Waals surface area contributed by atoms with Crippen LogP contribution in [0.4, 0.5) is 0 Å². The summed E-state index contributed by atoms with van der Waals surface area (Å²) in [4.78, 5) is 23.2. The van der Waals surface area contributed by atoms with Gasteiger partial charge >= 0.3 is 0 Å². The number of carbonyl (C=O) groups excluding carboxylic acids is 2. The molecule has 0 saturated heterocycles. The fourth-order valence-electron chi connectivity index (χ4n) is 1.57. The molecule has 1 aromatic heterocycles. The molecule has 2 N–H and O–H groups in total. The van der Waals surface area contributed by atoms with Gasteiger partial charge in [0.05, 0.1) is 6.10 Å². The van der Waals surface area contributed by atoms with Gasteiger partial charge in [-0.1, -0.05) is 20.8 Å². The SMILES string of the molecule is CC(=O)c1cc(C(=O)NCC(O)C(C)(C)C)n(C)c1. The van der Waals surface area contributed by atoms with Crippen molar-refractivity contribution in [2.24, 2.45) is 12.5 Å². The van der Waals surface area contributed by atoms with E-state index in [2.05, 4.69) is 5.32 Å². The maximum absolute atomic E-state index is 12.0. The van der Waals surface area contributed by atoms with Crippen molar-refractivity contribution in [1.82, 2.24) is 9.88 Å². The van der Waals surface area contributed by atoms with Crippen LogP contribution in [0.15, 0.2) is 12.3 Å². The van der Waals surface area contributed by atoms with Crippen LogP contribution in [0.2, 0.25) is 0 Å². The predicted molar refractivity (Wildman–Crippen MR) is 73.2 cm³/mol. The van der Waals surface area contributed by atoms with Crippen molar-refractivity contribution in [3.8, 4) is 0 Å². The molecule has 1 amide bonds. The summed E-state index contributed by atoms with van der Waals surface area (Å²) in [5.41, 5.74) is 0.627. The minimum atomic E-state index is -0.621. The van der Waals surface area contributed by atoms with Gasteiger partial charge in [-0.15, -0.1) is 0 Å². The van der Waals surface area contributed by atoms with Crippen LogP contribution in [0.25, 0.3) is 0 Å². The highest BCUT2D eigenvalue weighted by atomic mass is 16.3. The Bertz CT molecular complexity index is 483. The first kappa shape index (κ1) is 15.4. The van der Waals surface area contributed by atoms with Crippen molar-refractivity contribution >= 4 is 11.7 Å². The summed E-state index contributed by atoms with van der Waals surface area (Å²) in [6, 6.07) is 1.56. The molecule has 0 aliphatic rings. The zero-order valence-corrected chi connectivity index (χ0v) is 12.2. The first-order chi connectivity index (χ1) is 8.62. The van der Waals surface area contributed by atoms with Crippen molar-refractivity contribution in [2.45, 2.75) is 33.8 Å². The highest BCUT2D eigenvalue weighted by Gasteiger charge is 2.23. The Morgan fingerprint density at radius 3 is 2.42 bits per heavy atom. The van der Waals surface area contributed by atoms with Crippen LogP contribution in [-0.2, 0) is 7.05 Å². The molecule has 0 radical (unpaired) electrons. The molecule has 5 nitrogen and oxygen atoms in total. The molecule has 1 aromatic rings. The first-order valence-electron chi connectivity index (χ1n) is 6.26. The average Bonchev–Trinajstić information content (AvgIpc) is 2.66. The second-order valence-corrected chi connectivity index (χ2v) is 5.87. The van der Waals surface area contributed by atoms with Crippen LogP contribution in [-0.4, -0.2) is 34.0 Å². The Balaban J connectivity index is 2.72. The predicted octanol–water partition coefficient (Wildman–Crippen LogP) is 1.36. The Kier molecular flexibility index (Phi) is 4.52. The number of rotatable bonds is 4. The maximum Gasteiger partial charge on any atom is 0.268 e. The number of hydrogen-bond donors (Lipinski definition) is 2. The highest BCUT2D eigenvalue weighted by molar-refractivity contribution is 5.99. The minimum absolute atomic E-state index is 0.0793. The van der Waals surface area contributed by atoms with E-state index in [1.807, 2.05) is 20.8 Å². The van der Waals surface area contributed by atoms with Crippen LogP contribution in [0.5, 0.6) is 0 Å². The number of aromatic nitrogens is 1. The molecule has 1 atom stereocenters. The van der Waals surface area contributed by atoms with E-state index >= 15 is 0 Å². The Labute approximate surface area is 113 Å². The molecule has 19 heavy (non-hydrogen) atoms. The molecule has 5 heteroatoms. The molecule has 0 fully saturated rings. The van der Waals surface area contributed by atoms with Crippen molar-refractivity contribution in [3.05, 3.63) is 23.5 Å². The number of aryl methyl sites for hydroxylation is 1.